The number of rotatable bonds is 4. The summed E-state index contributed by atoms with van der Waals surface area (Å²) in [6.45, 7) is 0.279. The topological polar surface area (TPSA) is 89.9 Å². The van der Waals surface area contributed by atoms with Gasteiger partial charge in [0.15, 0.2) is 5.65 Å². The van der Waals surface area contributed by atoms with E-state index in [1.807, 2.05) is 6.07 Å². The minimum absolute atomic E-state index is 0.226. The maximum atomic E-state index is 12.1. The zero-order valence-corrected chi connectivity index (χ0v) is 11.9. The maximum absolute atomic E-state index is 12.1. The standard InChI is InChI=1S/C15H13N5O2/c1-22-13-5-4-12(19-20-13)9-18-15(21)11-7-10-3-2-6-16-14(10)17-8-11/h2-8H,9H2,1H3,(H,18,21). The van der Waals surface area contributed by atoms with Gasteiger partial charge in [-0.25, -0.2) is 9.97 Å². The first-order chi connectivity index (χ1) is 10.8. The minimum Gasteiger partial charge on any atom is -0.480 e. The summed E-state index contributed by atoms with van der Waals surface area (Å²) in [6.07, 6.45) is 3.17. The highest BCUT2D eigenvalue weighted by Crippen LogP contribution is 2.10. The van der Waals surface area contributed by atoms with Crippen molar-refractivity contribution in [2.45, 2.75) is 6.54 Å². The third-order valence-corrected chi connectivity index (χ3v) is 3.05. The molecule has 7 heteroatoms. The van der Waals surface area contributed by atoms with Gasteiger partial charge in [0.1, 0.15) is 0 Å². The number of nitrogens with one attached hydrogen (secondary N) is 1. The summed E-state index contributed by atoms with van der Waals surface area (Å²) in [6, 6.07) is 8.86. The van der Waals surface area contributed by atoms with Crippen LogP contribution in [0.25, 0.3) is 11.0 Å². The predicted molar refractivity (Wildman–Crippen MR) is 79.3 cm³/mol. The number of aromatic nitrogens is 4. The first-order valence-electron chi connectivity index (χ1n) is 6.62. The Bertz CT molecular complexity index is 804. The summed E-state index contributed by atoms with van der Waals surface area (Å²) in [4.78, 5) is 20.4. The molecule has 0 saturated heterocycles. The Morgan fingerprint density at radius 3 is 2.91 bits per heavy atom. The summed E-state index contributed by atoms with van der Waals surface area (Å²) in [7, 11) is 1.52. The van der Waals surface area contributed by atoms with Gasteiger partial charge in [0.25, 0.3) is 5.91 Å². The highest BCUT2D eigenvalue weighted by atomic mass is 16.5. The number of hydrogen-bond acceptors (Lipinski definition) is 6. The Morgan fingerprint density at radius 2 is 2.14 bits per heavy atom. The van der Waals surface area contributed by atoms with Crippen molar-refractivity contribution in [2.75, 3.05) is 7.11 Å². The third-order valence-electron chi connectivity index (χ3n) is 3.05. The molecular formula is C15H13N5O2. The van der Waals surface area contributed by atoms with Gasteiger partial charge in [-0.3, -0.25) is 4.79 Å². The Balaban J connectivity index is 1.69. The van der Waals surface area contributed by atoms with E-state index in [9.17, 15) is 4.79 Å². The second-order valence-electron chi connectivity index (χ2n) is 4.52. The van der Waals surface area contributed by atoms with Crippen LogP contribution >= 0.6 is 0 Å². The third kappa shape index (κ3) is 2.98. The number of fused-ring (bicyclic) bond motifs is 1. The molecule has 0 saturated carbocycles. The van der Waals surface area contributed by atoms with Crippen LogP contribution in [0, 0.1) is 0 Å². The van der Waals surface area contributed by atoms with E-state index in [-0.39, 0.29) is 12.5 Å². The molecule has 3 rings (SSSR count). The summed E-state index contributed by atoms with van der Waals surface area (Å²) in [5.74, 6) is 0.206. The highest BCUT2D eigenvalue weighted by molar-refractivity contribution is 5.96. The number of pyridine rings is 2. The van der Waals surface area contributed by atoms with Crippen molar-refractivity contribution >= 4 is 16.9 Å². The molecule has 0 bridgehead atoms. The summed E-state index contributed by atoms with van der Waals surface area (Å²) in [5.41, 5.74) is 1.73. The molecule has 0 aliphatic rings. The Hall–Kier alpha value is -3.09. The van der Waals surface area contributed by atoms with Gasteiger partial charge in [0.2, 0.25) is 5.88 Å². The molecule has 0 fully saturated rings. The van der Waals surface area contributed by atoms with Crippen molar-refractivity contribution in [1.29, 1.82) is 0 Å². The lowest BCUT2D eigenvalue weighted by molar-refractivity contribution is 0.0950. The molecule has 3 heterocycles. The van der Waals surface area contributed by atoms with E-state index in [1.54, 1.807) is 30.5 Å². The largest absolute Gasteiger partial charge is 0.480 e. The van der Waals surface area contributed by atoms with Crippen molar-refractivity contribution in [3.63, 3.8) is 0 Å². The molecule has 1 N–H and O–H groups in total. The molecule has 3 aromatic heterocycles. The maximum Gasteiger partial charge on any atom is 0.253 e. The normalized spacial score (nSPS) is 10.4. The Morgan fingerprint density at radius 1 is 1.23 bits per heavy atom. The lowest BCUT2D eigenvalue weighted by Gasteiger charge is -2.05. The van der Waals surface area contributed by atoms with Gasteiger partial charge in [-0.2, -0.15) is 5.10 Å². The van der Waals surface area contributed by atoms with Gasteiger partial charge in [0, 0.05) is 23.8 Å². The van der Waals surface area contributed by atoms with Crippen LogP contribution in [0.3, 0.4) is 0 Å². The van der Waals surface area contributed by atoms with Crippen LogP contribution in [0.1, 0.15) is 16.1 Å². The zero-order chi connectivity index (χ0) is 15.4. The lowest BCUT2D eigenvalue weighted by atomic mass is 10.2. The van der Waals surface area contributed by atoms with Crippen LogP contribution in [0.5, 0.6) is 5.88 Å². The van der Waals surface area contributed by atoms with Gasteiger partial charge in [0.05, 0.1) is 24.9 Å². The average molecular weight is 295 g/mol. The average Bonchev–Trinajstić information content (AvgIpc) is 2.59. The number of methoxy groups -OCH3 is 1. The zero-order valence-electron chi connectivity index (χ0n) is 11.9. The molecule has 3 aromatic rings. The van der Waals surface area contributed by atoms with Crippen molar-refractivity contribution in [1.82, 2.24) is 25.5 Å². The molecule has 0 radical (unpaired) electrons. The molecule has 0 aliphatic carbocycles. The van der Waals surface area contributed by atoms with E-state index < -0.39 is 0 Å². The van der Waals surface area contributed by atoms with E-state index >= 15 is 0 Å². The summed E-state index contributed by atoms with van der Waals surface area (Å²) < 4.78 is 4.93. The van der Waals surface area contributed by atoms with Gasteiger partial charge < -0.3 is 10.1 Å². The summed E-state index contributed by atoms with van der Waals surface area (Å²) in [5, 5.41) is 11.4. The number of nitrogens with zero attached hydrogens (tertiary/aromatic N) is 4. The smallest absolute Gasteiger partial charge is 0.253 e. The molecule has 0 atom stereocenters. The first-order valence-corrected chi connectivity index (χ1v) is 6.62. The number of carbonyl (C=O) groups is 1. The van der Waals surface area contributed by atoms with E-state index in [1.165, 1.54) is 13.3 Å². The van der Waals surface area contributed by atoms with E-state index in [0.717, 1.165) is 5.39 Å². The van der Waals surface area contributed by atoms with Crippen LogP contribution in [0.2, 0.25) is 0 Å². The molecule has 1 amide bonds. The van der Waals surface area contributed by atoms with Crippen molar-refractivity contribution in [3.05, 3.63) is 54.0 Å². The second-order valence-corrected chi connectivity index (χ2v) is 4.52. The molecule has 22 heavy (non-hydrogen) atoms. The van der Waals surface area contributed by atoms with Crippen LogP contribution in [-0.4, -0.2) is 33.2 Å². The fraction of sp³-hybridized carbons (Fsp3) is 0.133. The first kappa shape index (κ1) is 13.9. The van der Waals surface area contributed by atoms with Crippen LogP contribution < -0.4 is 10.1 Å². The monoisotopic (exact) mass is 295 g/mol. The Labute approximate surface area is 126 Å². The van der Waals surface area contributed by atoms with Gasteiger partial charge in [-0.1, -0.05) is 0 Å². The molecule has 7 nitrogen and oxygen atoms in total. The highest BCUT2D eigenvalue weighted by Gasteiger charge is 2.08. The molecule has 0 aromatic carbocycles. The molecular weight excluding hydrogens is 282 g/mol. The number of hydrogen-bond donors (Lipinski definition) is 1. The van der Waals surface area contributed by atoms with Crippen molar-refractivity contribution in [3.8, 4) is 5.88 Å². The molecule has 0 aliphatic heterocycles. The van der Waals surface area contributed by atoms with Gasteiger partial charge in [-0.15, -0.1) is 5.10 Å². The van der Waals surface area contributed by atoms with Crippen LogP contribution in [-0.2, 0) is 6.54 Å². The minimum atomic E-state index is -0.226. The van der Waals surface area contributed by atoms with E-state index in [4.69, 9.17) is 4.74 Å². The summed E-state index contributed by atoms with van der Waals surface area (Å²) >= 11 is 0. The number of carbonyl (C=O) groups excluding carboxylic acids is 1. The van der Waals surface area contributed by atoms with Crippen molar-refractivity contribution < 1.29 is 9.53 Å². The van der Waals surface area contributed by atoms with E-state index in [0.29, 0.717) is 22.8 Å². The Kier molecular flexibility index (Phi) is 3.86. The van der Waals surface area contributed by atoms with E-state index in [2.05, 4.69) is 25.5 Å². The van der Waals surface area contributed by atoms with Gasteiger partial charge >= 0.3 is 0 Å². The molecule has 0 unspecified atom stereocenters. The van der Waals surface area contributed by atoms with Crippen LogP contribution in [0.4, 0.5) is 0 Å². The van der Waals surface area contributed by atoms with Crippen LogP contribution in [0.15, 0.2) is 42.7 Å². The number of amides is 1. The van der Waals surface area contributed by atoms with Crippen molar-refractivity contribution in [2.24, 2.45) is 0 Å². The fourth-order valence-corrected chi connectivity index (χ4v) is 1.91. The lowest BCUT2D eigenvalue weighted by Crippen LogP contribution is -2.23. The predicted octanol–water partition coefficient (Wildman–Crippen LogP) is 1.36. The number of ether oxygens (including phenoxy) is 1. The fourth-order valence-electron chi connectivity index (χ4n) is 1.91. The SMILES string of the molecule is COc1ccc(CNC(=O)c2cnc3ncccc3c2)nn1. The molecule has 110 valence electrons. The quantitative estimate of drug-likeness (QED) is 0.781. The molecule has 0 spiro atoms. The second kappa shape index (κ2) is 6.13. The van der Waals surface area contributed by atoms with Gasteiger partial charge in [-0.05, 0) is 24.3 Å².